The van der Waals surface area contributed by atoms with Crippen molar-refractivity contribution in [2.24, 2.45) is 0 Å². The fraction of sp³-hybridized carbons (Fsp3) is 0.444. The second-order valence-electron chi connectivity index (χ2n) is 10.6. The van der Waals surface area contributed by atoms with Gasteiger partial charge in [-0.05, 0) is 45.6 Å². The summed E-state index contributed by atoms with van der Waals surface area (Å²) in [5.74, 6) is -1.58. The van der Waals surface area contributed by atoms with Gasteiger partial charge in [0.2, 0.25) is 5.91 Å². The highest BCUT2D eigenvalue weighted by molar-refractivity contribution is 5.93. The number of alkyl carbamates (subject to hydrolysis) is 1. The molecule has 3 amide bonds. The summed E-state index contributed by atoms with van der Waals surface area (Å²) in [6.45, 7) is 4.48. The van der Waals surface area contributed by atoms with Gasteiger partial charge in [0.05, 0.1) is 18.4 Å². The van der Waals surface area contributed by atoms with Crippen molar-refractivity contribution in [3.05, 3.63) is 48.5 Å². The molecule has 3 aromatic rings. The third-order valence-corrected chi connectivity index (χ3v) is 6.35. The number of aromatic nitrogens is 4. The average molecular weight is 568 g/mol. The predicted octanol–water partition coefficient (Wildman–Crippen LogP) is 2.93. The van der Waals surface area contributed by atoms with E-state index in [9.17, 15) is 24.3 Å². The highest BCUT2D eigenvalue weighted by atomic mass is 16.6. The zero-order chi connectivity index (χ0) is 29.6. The SMILES string of the molecule is CC(C)(C)OC(=O)N[C@H]1CCC[C@@H]1N(CC(=O)O)C(=O)Cn1cnc2c(NC(=O)OCc3ccccc3)ncnc21. The Balaban J connectivity index is 1.46. The number of hydrogen-bond donors (Lipinski definition) is 3. The van der Waals surface area contributed by atoms with Crippen molar-refractivity contribution in [1.29, 1.82) is 0 Å². The molecule has 3 N–H and O–H groups in total. The summed E-state index contributed by atoms with van der Waals surface area (Å²) in [4.78, 5) is 63.7. The molecular formula is C27H33N7O7. The zero-order valence-corrected chi connectivity index (χ0v) is 23.1. The standard InChI is InChI=1S/C27H33N7O7/c1-27(2,3)41-26(39)31-18-10-7-11-19(18)34(13-21(36)37)20(35)12-33-16-30-22-23(28-15-29-24(22)33)32-25(38)40-14-17-8-5-4-6-9-17/h4-6,8-9,15-16,18-19H,7,10-14H2,1-3H3,(H,31,39)(H,36,37)(H,28,29,32,38)/t18-,19-/m0/s1. The van der Waals surface area contributed by atoms with Gasteiger partial charge in [-0.25, -0.2) is 24.5 Å². The van der Waals surface area contributed by atoms with Crippen LogP contribution in [0.5, 0.6) is 0 Å². The predicted molar refractivity (Wildman–Crippen MR) is 146 cm³/mol. The number of aliphatic carboxylic acids is 1. The van der Waals surface area contributed by atoms with Gasteiger partial charge in [0.25, 0.3) is 0 Å². The number of fused-ring (bicyclic) bond motifs is 1. The summed E-state index contributed by atoms with van der Waals surface area (Å²) in [6.07, 6.45) is 3.00. The Morgan fingerprint density at radius 3 is 2.54 bits per heavy atom. The van der Waals surface area contributed by atoms with E-state index < -0.39 is 48.3 Å². The number of carboxylic acids is 1. The lowest BCUT2D eigenvalue weighted by atomic mass is 10.1. The molecule has 0 unspecified atom stereocenters. The van der Waals surface area contributed by atoms with E-state index in [0.717, 1.165) is 5.56 Å². The van der Waals surface area contributed by atoms with Gasteiger partial charge in [0.1, 0.15) is 31.6 Å². The van der Waals surface area contributed by atoms with Crippen molar-refractivity contribution < 1.29 is 33.8 Å². The number of imidazole rings is 1. The number of hydrogen-bond acceptors (Lipinski definition) is 9. The van der Waals surface area contributed by atoms with Gasteiger partial charge >= 0.3 is 18.2 Å². The maximum absolute atomic E-state index is 13.5. The van der Waals surface area contributed by atoms with Gasteiger partial charge in [-0.2, -0.15) is 0 Å². The minimum absolute atomic E-state index is 0.0637. The van der Waals surface area contributed by atoms with Crippen LogP contribution in [-0.4, -0.2) is 77.8 Å². The molecule has 4 rings (SSSR count). The van der Waals surface area contributed by atoms with Crippen LogP contribution in [0.4, 0.5) is 15.4 Å². The number of nitrogens with one attached hydrogen (secondary N) is 2. The molecule has 14 nitrogen and oxygen atoms in total. The molecule has 1 fully saturated rings. The monoisotopic (exact) mass is 567 g/mol. The summed E-state index contributed by atoms with van der Waals surface area (Å²) in [5, 5.41) is 14.9. The van der Waals surface area contributed by atoms with Crippen molar-refractivity contribution in [2.75, 3.05) is 11.9 Å². The van der Waals surface area contributed by atoms with Crippen LogP contribution in [0.25, 0.3) is 11.2 Å². The van der Waals surface area contributed by atoms with Crippen molar-refractivity contribution >= 4 is 41.0 Å². The number of benzene rings is 1. The second kappa shape index (κ2) is 12.6. The van der Waals surface area contributed by atoms with E-state index in [1.54, 1.807) is 20.8 Å². The van der Waals surface area contributed by atoms with E-state index in [-0.39, 0.29) is 30.1 Å². The van der Waals surface area contributed by atoms with E-state index >= 15 is 0 Å². The minimum Gasteiger partial charge on any atom is -0.480 e. The van der Waals surface area contributed by atoms with E-state index in [1.165, 1.54) is 22.1 Å². The Labute approximate surface area is 236 Å². The van der Waals surface area contributed by atoms with Crippen molar-refractivity contribution in [2.45, 2.75) is 70.9 Å². The van der Waals surface area contributed by atoms with Gasteiger partial charge in [0.15, 0.2) is 17.0 Å². The number of carboxylic acid groups (broad SMARTS) is 1. The van der Waals surface area contributed by atoms with E-state index in [2.05, 4.69) is 25.6 Å². The fourth-order valence-corrected chi connectivity index (χ4v) is 4.66. The molecule has 14 heteroatoms. The van der Waals surface area contributed by atoms with Crippen LogP contribution in [0, 0.1) is 0 Å². The van der Waals surface area contributed by atoms with Gasteiger partial charge < -0.3 is 29.4 Å². The molecule has 2 aromatic heterocycles. The zero-order valence-electron chi connectivity index (χ0n) is 23.1. The second-order valence-corrected chi connectivity index (χ2v) is 10.6. The molecular weight excluding hydrogens is 534 g/mol. The number of carbonyl (C=O) groups is 4. The van der Waals surface area contributed by atoms with Crippen LogP contribution in [0.2, 0.25) is 0 Å². The molecule has 0 radical (unpaired) electrons. The number of amides is 3. The van der Waals surface area contributed by atoms with Crippen LogP contribution in [0.15, 0.2) is 43.0 Å². The third-order valence-electron chi connectivity index (χ3n) is 6.35. The molecule has 1 aromatic carbocycles. The lowest BCUT2D eigenvalue weighted by Crippen LogP contribution is -2.53. The van der Waals surface area contributed by atoms with Crippen molar-refractivity contribution in [1.82, 2.24) is 29.7 Å². The average Bonchev–Trinajstić information content (AvgIpc) is 3.53. The van der Waals surface area contributed by atoms with E-state index in [0.29, 0.717) is 19.3 Å². The number of rotatable bonds is 9. The lowest BCUT2D eigenvalue weighted by molar-refractivity contribution is -0.146. The quantitative estimate of drug-likeness (QED) is 0.348. The summed E-state index contributed by atoms with van der Waals surface area (Å²) in [7, 11) is 0. The number of anilines is 1. The molecule has 2 atom stereocenters. The number of ether oxygens (including phenoxy) is 2. The first-order chi connectivity index (χ1) is 19.5. The van der Waals surface area contributed by atoms with Gasteiger partial charge in [-0.1, -0.05) is 30.3 Å². The summed E-state index contributed by atoms with van der Waals surface area (Å²) >= 11 is 0. The van der Waals surface area contributed by atoms with E-state index in [4.69, 9.17) is 9.47 Å². The van der Waals surface area contributed by atoms with Crippen LogP contribution in [0.3, 0.4) is 0 Å². The van der Waals surface area contributed by atoms with Crippen LogP contribution < -0.4 is 10.6 Å². The molecule has 1 saturated carbocycles. The summed E-state index contributed by atoms with van der Waals surface area (Å²) in [6, 6.07) is 8.17. The summed E-state index contributed by atoms with van der Waals surface area (Å²) < 4.78 is 12.0. The molecule has 41 heavy (non-hydrogen) atoms. The Bertz CT molecular complexity index is 1400. The molecule has 0 saturated heterocycles. The third kappa shape index (κ3) is 7.90. The molecule has 0 aliphatic heterocycles. The molecule has 0 spiro atoms. The van der Waals surface area contributed by atoms with Crippen LogP contribution in [0.1, 0.15) is 45.6 Å². The maximum atomic E-state index is 13.5. The number of nitrogens with zero attached hydrogens (tertiary/aromatic N) is 5. The highest BCUT2D eigenvalue weighted by Crippen LogP contribution is 2.26. The first-order valence-corrected chi connectivity index (χ1v) is 13.1. The fourth-order valence-electron chi connectivity index (χ4n) is 4.66. The molecule has 1 aliphatic rings. The first-order valence-electron chi connectivity index (χ1n) is 13.1. The molecule has 2 heterocycles. The Kier molecular flexibility index (Phi) is 9.00. The molecule has 0 bridgehead atoms. The smallest absolute Gasteiger partial charge is 0.413 e. The minimum atomic E-state index is -1.18. The lowest BCUT2D eigenvalue weighted by Gasteiger charge is -2.33. The van der Waals surface area contributed by atoms with Gasteiger partial charge in [-0.3, -0.25) is 14.9 Å². The van der Waals surface area contributed by atoms with Gasteiger partial charge in [0, 0.05) is 0 Å². The number of carbonyl (C=O) groups excluding carboxylic acids is 3. The van der Waals surface area contributed by atoms with E-state index in [1.807, 2.05) is 30.3 Å². The summed E-state index contributed by atoms with van der Waals surface area (Å²) in [5.41, 5.74) is 0.602. The first kappa shape index (κ1) is 29.2. The van der Waals surface area contributed by atoms with Crippen LogP contribution in [-0.2, 0) is 32.2 Å². The molecule has 1 aliphatic carbocycles. The maximum Gasteiger partial charge on any atom is 0.413 e. The Hall–Kier alpha value is -4.75. The normalized spacial score (nSPS) is 16.7. The Morgan fingerprint density at radius 2 is 1.83 bits per heavy atom. The topological polar surface area (TPSA) is 178 Å². The van der Waals surface area contributed by atoms with Crippen LogP contribution >= 0.6 is 0 Å². The molecule has 218 valence electrons. The van der Waals surface area contributed by atoms with Crippen molar-refractivity contribution in [3.8, 4) is 0 Å². The van der Waals surface area contributed by atoms with Crippen molar-refractivity contribution in [3.63, 3.8) is 0 Å². The Morgan fingerprint density at radius 1 is 1.07 bits per heavy atom. The highest BCUT2D eigenvalue weighted by Gasteiger charge is 2.37. The van der Waals surface area contributed by atoms with Gasteiger partial charge in [-0.15, -0.1) is 0 Å². The largest absolute Gasteiger partial charge is 0.480 e.